The zero-order valence-electron chi connectivity index (χ0n) is 11.1. The van der Waals surface area contributed by atoms with Crippen LogP contribution in [0.3, 0.4) is 0 Å². The maximum atomic E-state index is 11.8. The molecule has 1 saturated carbocycles. The highest BCUT2D eigenvalue weighted by molar-refractivity contribution is 5.82. The van der Waals surface area contributed by atoms with E-state index in [2.05, 4.69) is 5.32 Å². The van der Waals surface area contributed by atoms with E-state index in [0.717, 1.165) is 19.3 Å². The normalized spacial score (nSPS) is 33.8. The van der Waals surface area contributed by atoms with E-state index < -0.39 is 12.0 Å². The van der Waals surface area contributed by atoms with Gasteiger partial charge in [0.1, 0.15) is 6.04 Å². The van der Waals surface area contributed by atoms with E-state index in [-0.39, 0.29) is 18.0 Å². The molecule has 1 saturated heterocycles. The summed E-state index contributed by atoms with van der Waals surface area (Å²) in [4.78, 5) is 25.1. The quantitative estimate of drug-likeness (QED) is 0.783. The number of carbonyl (C=O) groups is 2. The fourth-order valence-electron chi connectivity index (χ4n) is 3.62. The highest BCUT2D eigenvalue weighted by atomic mass is 16.4. The van der Waals surface area contributed by atoms with Gasteiger partial charge in [-0.2, -0.15) is 0 Å². The zero-order valence-corrected chi connectivity index (χ0v) is 11.1. The second-order valence-corrected chi connectivity index (χ2v) is 5.44. The Morgan fingerprint density at radius 3 is 2.61 bits per heavy atom. The number of hydrogen-bond acceptors (Lipinski definition) is 3. The van der Waals surface area contributed by atoms with Gasteiger partial charge in [0.25, 0.3) is 0 Å². The first-order valence-corrected chi connectivity index (χ1v) is 6.78. The molecule has 1 aliphatic carbocycles. The third kappa shape index (κ3) is 2.23. The summed E-state index contributed by atoms with van der Waals surface area (Å²) < 4.78 is 0. The average molecular weight is 254 g/mol. The number of nitrogens with zero attached hydrogens (tertiary/aromatic N) is 1. The van der Waals surface area contributed by atoms with Crippen molar-refractivity contribution in [2.24, 2.45) is 5.92 Å². The minimum absolute atomic E-state index is 0.0903. The number of fused-ring (bicyclic) bond motifs is 1. The predicted molar refractivity (Wildman–Crippen MR) is 67.2 cm³/mol. The zero-order chi connectivity index (χ0) is 13.3. The molecule has 1 heterocycles. The lowest BCUT2D eigenvalue weighted by Gasteiger charge is -2.36. The molecule has 0 aromatic carbocycles. The van der Waals surface area contributed by atoms with Crippen LogP contribution in [-0.4, -0.2) is 47.1 Å². The number of rotatable bonds is 3. The van der Waals surface area contributed by atoms with Crippen molar-refractivity contribution in [3.8, 4) is 0 Å². The summed E-state index contributed by atoms with van der Waals surface area (Å²) in [5.41, 5.74) is 0. The van der Waals surface area contributed by atoms with E-state index in [4.69, 9.17) is 0 Å². The summed E-state index contributed by atoms with van der Waals surface area (Å²) in [6.07, 6.45) is 5.16. The van der Waals surface area contributed by atoms with Crippen molar-refractivity contribution in [2.75, 3.05) is 7.05 Å². The SMILES string of the molecule is CNC(=O)C(C)N1C(C(=O)O)CC2CCCCC21. The van der Waals surface area contributed by atoms with Crippen LogP contribution in [0.1, 0.15) is 39.0 Å². The Bertz CT molecular complexity index is 345. The predicted octanol–water partition coefficient (Wildman–Crippen LogP) is 0.839. The Morgan fingerprint density at radius 1 is 1.33 bits per heavy atom. The molecule has 1 aliphatic heterocycles. The van der Waals surface area contributed by atoms with E-state index in [1.807, 2.05) is 11.8 Å². The van der Waals surface area contributed by atoms with Crippen LogP contribution < -0.4 is 5.32 Å². The van der Waals surface area contributed by atoms with E-state index in [1.165, 1.54) is 6.42 Å². The summed E-state index contributed by atoms with van der Waals surface area (Å²) in [5.74, 6) is -0.431. The number of nitrogens with one attached hydrogen (secondary N) is 1. The molecule has 2 rings (SSSR count). The van der Waals surface area contributed by atoms with Crippen molar-refractivity contribution >= 4 is 11.9 Å². The lowest BCUT2D eigenvalue weighted by atomic mass is 9.84. The summed E-state index contributed by atoms with van der Waals surface area (Å²) in [6, 6.07) is -0.582. The molecule has 2 fully saturated rings. The van der Waals surface area contributed by atoms with Crippen molar-refractivity contribution in [2.45, 2.75) is 57.2 Å². The number of aliphatic carboxylic acids is 1. The fourth-order valence-corrected chi connectivity index (χ4v) is 3.62. The van der Waals surface area contributed by atoms with Crippen LogP contribution in [0.15, 0.2) is 0 Å². The van der Waals surface area contributed by atoms with Gasteiger partial charge in [-0.1, -0.05) is 12.8 Å². The summed E-state index contributed by atoms with van der Waals surface area (Å²) in [6.45, 7) is 1.81. The highest BCUT2D eigenvalue weighted by Crippen LogP contribution is 2.40. The molecule has 0 spiro atoms. The lowest BCUT2D eigenvalue weighted by Crippen LogP contribution is -2.52. The van der Waals surface area contributed by atoms with Gasteiger partial charge in [-0.05, 0) is 32.1 Å². The molecule has 2 N–H and O–H groups in total. The number of carbonyl (C=O) groups excluding carboxylic acids is 1. The molecule has 102 valence electrons. The first-order valence-electron chi connectivity index (χ1n) is 6.78. The van der Waals surface area contributed by atoms with Crippen molar-refractivity contribution < 1.29 is 14.7 Å². The summed E-state index contributed by atoms with van der Waals surface area (Å²) in [5, 5.41) is 12.0. The van der Waals surface area contributed by atoms with Crippen LogP contribution in [0.25, 0.3) is 0 Å². The van der Waals surface area contributed by atoms with Gasteiger partial charge >= 0.3 is 5.97 Å². The Kier molecular flexibility index (Phi) is 3.90. The van der Waals surface area contributed by atoms with E-state index in [0.29, 0.717) is 12.3 Å². The fraction of sp³-hybridized carbons (Fsp3) is 0.846. The number of likely N-dealkylation sites (N-methyl/N-ethyl adjacent to an activating group) is 1. The molecule has 5 nitrogen and oxygen atoms in total. The van der Waals surface area contributed by atoms with Gasteiger partial charge in [0.15, 0.2) is 0 Å². The number of amides is 1. The topological polar surface area (TPSA) is 69.6 Å². The molecular formula is C13H22N2O3. The molecule has 0 aromatic rings. The maximum Gasteiger partial charge on any atom is 0.320 e. The third-order valence-corrected chi connectivity index (χ3v) is 4.50. The van der Waals surface area contributed by atoms with Crippen LogP contribution in [-0.2, 0) is 9.59 Å². The summed E-state index contributed by atoms with van der Waals surface area (Å²) in [7, 11) is 1.60. The van der Waals surface area contributed by atoms with Crippen LogP contribution in [0.2, 0.25) is 0 Å². The van der Waals surface area contributed by atoms with Gasteiger partial charge in [-0.25, -0.2) is 0 Å². The van der Waals surface area contributed by atoms with Gasteiger partial charge in [0.2, 0.25) is 5.91 Å². The first-order chi connectivity index (χ1) is 8.56. The van der Waals surface area contributed by atoms with Crippen molar-refractivity contribution in [1.82, 2.24) is 10.2 Å². The van der Waals surface area contributed by atoms with Crippen LogP contribution in [0.4, 0.5) is 0 Å². The van der Waals surface area contributed by atoms with Gasteiger partial charge < -0.3 is 10.4 Å². The second-order valence-electron chi connectivity index (χ2n) is 5.44. The van der Waals surface area contributed by atoms with Crippen LogP contribution in [0.5, 0.6) is 0 Å². The van der Waals surface area contributed by atoms with E-state index in [1.54, 1.807) is 7.05 Å². The molecule has 0 bridgehead atoms. The molecule has 4 unspecified atom stereocenters. The molecule has 5 heteroatoms. The minimum atomic E-state index is -0.792. The number of carboxylic acid groups (broad SMARTS) is 1. The van der Waals surface area contributed by atoms with Crippen LogP contribution >= 0.6 is 0 Å². The Hall–Kier alpha value is -1.10. The average Bonchev–Trinajstić information content (AvgIpc) is 2.76. The first kappa shape index (κ1) is 13.3. The molecule has 0 aromatic heterocycles. The second kappa shape index (κ2) is 5.26. The Labute approximate surface area is 108 Å². The van der Waals surface area contributed by atoms with E-state index >= 15 is 0 Å². The van der Waals surface area contributed by atoms with Gasteiger partial charge in [0.05, 0.1) is 6.04 Å². The monoisotopic (exact) mass is 254 g/mol. The maximum absolute atomic E-state index is 11.8. The Balaban J connectivity index is 2.21. The molecule has 2 aliphatic rings. The largest absolute Gasteiger partial charge is 0.480 e. The van der Waals surface area contributed by atoms with E-state index in [9.17, 15) is 14.7 Å². The van der Waals surface area contributed by atoms with Gasteiger partial charge in [-0.15, -0.1) is 0 Å². The Morgan fingerprint density at radius 2 is 2.00 bits per heavy atom. The number of carboxylic acids is 1. The van der Waals surface area contributed by atoms with Crippen molar-refractivity contribution in [1.29, 1.82) is 0 Å². The molecule has 4 atom stereocenters. The minimum Gasteiger partial charge on any atom is -0.480 e. The van der Waals surface area contributed by atoms with Crippen molar-refractivity contribution in [3.05, 3.63) is 0 Å². The molecule has 18 heavy (non-hydrogen) atoms. The molecular weight excluding hydrogens is 232 g/mol. The standard InChI is InChI=1S/C13H22N2O3/c1-8(12(16)14-2)15-10-6-4-3-5-9(10)7-11(15)13(17)18/h8-11H,3-7H2,1-2H3,(H,14,16)(H,17,18). The summed E-state index contributed by atoms with van der Waals surface area (Å²) >= 11 is 0. The number of hydrogen-bond donors (Lipinski definition) is 2. The number of likely N-dealkylation sites (tertiary alicyclic amines) is 1. The smallest absolute Gasteiger partial charge is 0.320 e. The molecule has 0 radical (unpaired) electrons. The third-order valence-electron chi connectivity index (χ3n) is 4.50. The van der Waals surface area contributed by atoms with Gasteiger partial charge in [-0.3, -0.25) is 14.5 Å². The van der Waals surface area contributed by atoms with Crippen LogP contribution in [0, 0.1) is 5.92 Å². The highest BCUT2D eigenvalue weighted by Gasteiger charge is 2.48. The molecule has 1 amide bonds. The van der Waals surface area contributed by atoms with Crippen molar-refractivity contribution in [3.63, 3.8) is 0 Å². The van der Waals surface area contributed by atoms with Gasteiger partial charge in [0, 0.05) is 13.1 Å². The lowest BCUT2D eigenvalue weighted by molar-refractivity contribution is -0.144.